The van der Waals surface area contributed by atoms with Gasteiger partial charge in [-0.25, -0.2) is 17.5 Å². The number of sulfonamides is 1. The second-order valence-corrected chi connectivity index (χ2v) is 7.86. The van der Waals surface area contributed by atoms with Gasteiger partial charge >= 0.3 is 0 Å². The third-order valence-corrected chi connectivity index (χ3v) is 5.73. The van der Waals surface area contributed by atoms with E-state index in [1.54, 1.807) is 24.3 Å². The van der Waals surface area contributed by atoms with E-state index in [0.29, 0.717) is 15.4 Å². The van der Waals surface area contributed by atoms with E-state index in [0.717, 1.165) is 5.56 Å². The van der Waals surface area contributed by atoms with Crippen LogP contribution in [0, 0.1) is 5.82 Å². The van der Waals surface area contributed by atoms with Crippen LogP contribution in [0.5, 0.6) is 0 Å². The summed E-state index contributed by atoms with van der Waals surface area (Å²) in [5.41, 5.74) is 0.742. The molecule has 0 saturated carbocycles. The van der Waals surface area contributed by atoms with E-state index >= 15 is 0 Å². The van der Waals surface area contributed by atoms with Crippen molar-refractivity contribution in [2.45, 2.75) is 11.3 Å². The first-order valence-corrected chi connectivity index (χ1v) is 9.14. The van der Waals surface area contributed by atoms with Gasteiger partial charge in [0.25, 0.3) is 0 Å². The minimum atomic E-state index is -3.61. The van der Waals surface area contributed by atoms with Gasteiger partial charge in [0.1, 0.15) is 5.82 Å². The van der Waals surface area contributed by atoms with Gasteiger partial charge in [0.05, 0.1) is 4.90 Å². The van der Waals surface area contributed by atoms with Crippen LogP contribution in [0.25, 0.3) is 0 Å². The van der Waals surface area contributed by atoms with Crippen molar-refractivity contribution < 1.29 is 12.8 Å². The monoisotopic (exact) mass is 435 g/mol. The summed E-state index contributed by atoms with van der Waals surface area (Å²) in [4.78, 5) is 0.163. The van der Waals surface area contributed by atoms with Crippen molar-refractivity contribution in [1.82, 2.24) is 4.72 Å². The van der Waals surface area contributed by atoms with Crippen LogP contribution >= 0.6 is 31.9 Å². The quantitative estimate of drug-likeness (QED) is 0.773. The summed E-state index contributed by atoms with van der Waals surface area (Å²) in [5, 5.41) is 0. The van der Waals surface area contributed by atoms with E-state index in [9.17, 15) is 12.8 Å². The summed E-state index contributed by atoms with van der Waals surface area (Å²) in [6.45, 7) is 0.199. The molecule has 21 heavy (non-hydrogen) atoms. The first kappa shape index (κ1) is 16.6. The molecule has 0 radical (unpaired) electrons. The zero-order valence-corrected chi connectivity index (χ0v) is 14.8. The topological polar surface area (TPSA) is 46.2 Å². The summed E-state index contributed by atoms with van der Waals surface area (Å²) < 4.78 is 41.2. The molecular formula is C14H12Br2FNO2S. The van der Waals surface area contributed by atoms with Crippen molar-refractivity contribution in [3.63, 3.8) is 0 Å². The van der Waals surface area contributed by atoms with Crippen molar-refractivity contribution in [3.05, 3.63) is 62.8 Å². The van der Waals surface area contributed by atoms with Gasteiger partial charge in [0, 0.05) is 15.5 Å². The van der Waals surface area contributed by atoms with Gasteiger partial charge < -0.3 is 0 Å². The van der Waals surface area contributed by atoms with Crippen molar-refractivity contribution in [3.8, 4) is 0 Å². The van der Waals surface area contributed by atoms with Crippen LogP contribution < -0.4 is 4.72 Å². The highest BCUT2D eigenvalue weighted by Gasteiger charge is 2.17. The zero-order valence-electron chi connectivity index (χ0n) is 10.8. The second-order valence-electron chi connectivity index (χ2n) is 4.35. The predicted octanol–water partition coefficient (Wildman–Crippen LogP) is 3.87. The predicted molar refractivity (Wildman–Crippen MR) is 87.1 cm³/mol. The smallest absolute Gasteiger partial charge is 0.211 e. The molecule has 2 rings (SSSR count). The van der Waals surface area contributed by atoms with Crippen molar-refractivity contribution in [1.29, 1.82) is 0 Å². The van der Waals surface area contributed by atoms with Crippen LogP contribution in [0.3, 0.4) is 0 Å². The maximum absolute atomic E-state index is 13.0. The fraction of sp³-hybridized carbons (Fsp3) is 0.143. The molecule has 2 aromatic rings. The molecule has 0 spiro atoms. The van der Waals surface area contributed by atoms with Gasteiger partial charge in [-0.1, -0.05) is 28.1 Å². The first-order valence-electron chi connectivity index (χ1n) is 6.08. The molecule has 3 nitrogen and oxygen atoms in total. The number of benzene rings is 2. The van der Waals surface area contributed by atoms with Crippen LogP contribution in [0.2, 0.25) is 0 Å². The Labute approximate surface area is 139 Å². The molecule has 7 heteroatoms. The Balaban J connectivity index is 2.06. The first-order chi connectivity index (χ1) is 9.88. The second kappa shape index (κ2) is 7.00. The van der Waals surface area contributed by atoms with E-state index in [2.05, 4.69) is 36.6 Å². The Morgan fingerprint density at radius 3 is 2.57 bits per heavy atom. The molecule has 0 aliphatic carbocycles. The molecule has 0 unspecified atom stereocenters. The van der Waals surface area contributed by atoms with Crippen LogP contribution in [0.15, 0.2) is 56.3 Å². The maximum Gasteiger partial charge on any atom is 0.241 e. The lowest BCUT2D eigenvalue weighted by Gasteiger charge is -2.09. The van der Waals surface area contributed by atoms with Crippen LogP contribution in [-0.2, 0) is 16.4 Å². The van der Waals surface area contributed by atoms with Gasteiger partial charge in [-0.05, 0) is 58.2 Å². The Morgan fingerprint density at radius 1 is 1.10 bits per heavy atom. The minimum absolute atomic E-state index is 0.163. The fourth-order valence-electron chi connectivity index (χ4n) is 1.78. The van der Waals surface area contributed by atoms with E-state index in [1.165, 1.54) is 18.2 Å². The summed E-state index contributed by atoms with van der Waals surface area (Å²) in [5.74, 6) is -0.329. The summed E-state index contributed by atoms with van der Waals surface area (Å²) in [6, 6.07) is 11.0. The average Bonchev–Trinajstić information content (AvgIpc) is 2.41. The Kier molecular flexibility index (Phi) is 5.54. The van der Waals surface area contributed by atoms with Crippen molar-refractivity contribution >= 4 is 41.9 Å². The minimum Gasteiger partial charge on any atom is -0.211 e. The molecule has 1 N–H and O–H groups in total. The molecule has 0 amide bonds. The number of hydrogen-bond donors (Lipinski definition) is 1. The number of rotatable bonds is 5. The maximum atomic E-state index is 13.0. The van der Waals surface area contributed by atoms with Gasteiger partial charge in [-0.3, -0.25) is 0 Å². The largest absolute Gasteiger partial charge is 0.241 e. The fourth-order valence-corrected chi connectivity index (χ4v) is 4.31. The van der Waals surface area contributed by atoms with Gasteiger partial charge in [-0.15, -0.1) is 0 Å². The van der Waals surface area contributed by atoms with E-state index in [-0.39, 0.29) is 17.3 Å². The average molecular weight is 437 g/mol. The number of nitrogens with one attached hydrogen (secondary N) is 1. The SMILES string of the molecule is O=S(=O)(NCCc1cccc(F)c1)c1cc(Br)ccc1Br. The van der Waals surface area contributed by atoms with E-state index in [4.69, 9.17) is 0 Å². The normalized spacial score (nSPS) is 11.6. The third-order valence-electron chi connectivity index (χ3n) is 2.78. The molecule has 0 atom stereocenters. The van der Waals surface area contributed by atoms with Crippen LogP contribution in [-0.4, -0.2) is 15.0 Å². The summed E-state index contributed by atoms with van der Waals surface area (Å²) in [7, 11) is -3.61. The highest BCUT2D eigenvalue weighted by Crippen LogP contribution is 2.25. The zero-order chi connectivity index (χ0) is 15.5. The van der Waals surface area contributed by atoms with Gasteiger partial charge in [-0.2, -0.15) is 0 Å². The molecule has 2 aromatic carbocycles. The standard InChI is InChI=1S/C14H12Br2FNO2S/c15-11-4-5-13(16)14(9-11)21(19,20)18-7-6-10-2-1-3-12(17)8-10/h1-5,8-9,18H,6-7H2. The van der Waals surface area contributed by atoms with Crippen molar-refractivity contribution in [2.75, 3.05) is 6.54 Å². The lowest BCUT2D eigenvalue weighted by atomic mass is 10.1. The molecule has 0 aliphatic rings. The molecule has 0 aromatic heterocycles. The molecule has 0 heterocycles. The van der Waals surface area contributed by atoms with E-state index < -0.39 is 10.0 Å². The highest BCUT2D eigenvalue weighted by atomic mass is 79.9. The Morgan fingerprint density at radius 2 is 1.86 bits per heavy atom. The molecule has 0 aliphatic heterocycles. The lowest BCUT2D eigenvalue weighted by molar-refractivity contribution is 0.581. The molecule has 0 bridgehead atoms. The Bertz CT molecular complexity index is 750. The summed E-state index contributed by atoms with van der Waals surface area (Å²) >= 11 is 6.47. The highest BCUT2D eigenvalue weighted by molar-refractivity contribution is 9.11. The summed E-state index contributed by atoms with van der Waals surface area (Å²) in [6.07, 6.45) is 0.419. The van der Waals surface area contributed by atoms with Crippen LogP contribution in [0.1, 0.15) is 5.56 Å². The third kappa shape index (κ3) is 4.60. The molecule has 112 valence electrons. The van der Waals surface area contributed by atoms with Gasteiger partial charge in [0.2, 0.25) is 10.0 Å². The molecular weight excluding hydrogens is 425 g/mol. The molecule has 0 saturated heterocycles. The van der Waals surface area contributed by atoms with Crippen molar-refractivity contribution in [2.24, 2.45) is 0 Å². The Hall–Kier alpha value is -0.760. The molecule has 0 fully saturated rings. The number of halogens is 3. The lowest BCUT2D eigenvalue weighted by Crippen LogP contribution is -2.26. The number of hydrogen-bond acceptors (Lipinski definition) is 2. The van der Waals surface area contributed by atoms with Crippen LogP contribution in [0.4, 0.5) is 4.39 Å². The van der Waals surface area contributed by atoms with Gasteiger partial charge in [0.15, 0.2) is 0 Å². The van der Waals surface area contributed by atoms with E-state index in [1.807, 2.05) is 0 Å².